The summed E-state index contributed by atoms with van der Waals surface area (Å²) in [6.07, 6.45) is 3.56. The smallest absolute Gasteiger partial charge is 0.412 e. The Morgan fingerprint density at radius 3 is 2.22 bits per heavy atom. The monoisotopic (exact) mass is 318 g/mol. The number of nitrogens with one attached hydrogen (secondary N) is 1. The second kappa shape index (κ2) is 7.35. The lowest BCUT2D eigenvalue weighted by atomic mass is 10.00. The lowest BCUT2D eigenvalue weighted by Gasteiger charge is -2.28. The maximum absolute atomic E-state index is 11.9. The third kappa shape index (κ3) is 5.54. The molecule has 1 aromatic carbocycles. The molecule has 128 valence electrons. The van der Waals surface area contributed by atoms with E-state index in [1.807, 2.05) is 32.9 Å². The predicted octanol–water partition coefficient (Wildman–Crippen LogP) is 4.64. The molecule has 0 saturated carbocycles. The van der Waals surface area contributed by atoms with Crippen molar-refractivity contribution in [3.8, 4) is 0 Å². The quantitative estimate of drug-likeness (QED) is 0.883. The van der Waals surface area contributed by atoms with Gasteiger partial charge in [-0.3, -0.25) is 10.2 Å². The van der Waals surface area contributed by atoms with Gasteiger partial charge in [-0.1, -0.05) is 6.42 Å². The minimum atomic E-state index is -0.484. The van der Waals surface area contributed by atoms with E-state index in [0.29, 0.717) is 0 Å². The maximum Gasteiger partial charge on any atom is 0.412 e. The third-order valence-corrected chi connectivity index (χ3v) is 4.17. The summed E-state index contributed by atoms with van der Waals surface area (Å²) < 4.78 is 5.31. The molecule has 4 nitrogen and oxygen atoms in total. The number of nitrogens with zero attached hydrogens (tertiary/aromatic N) is 1. The summed E-state index contributed by atoms with van der Waals surface area (Å²) in [6, 6.07) is 4.08. The van der Waals surface area contributed by atoms with E-state index >= 15 is 0 Å². The second-order valence-electron chi connectivity index (χ2n) is 7.55. The van der Waals surface area contributed by atoms with E-state index in [0.717, 1.165) is 12.2 Å². The van der Waals surface area contributed by atoms with Gasteiger partial charge in [0.05, 0.1) is 0 Å². The van der Waals surface area contributed by atoms with Crippen molar-refractivity contribution in [2.24, 2.45) is 0 Å². The van der Waals surface area contributed by atoms with Crippen LogP contribution in [0.5, 0.6) is 0 Å². The topological polar surface area (TPSA) is 41.6 Å². The number of amides is 1. The van der Waals surface area contributed by atoms with Crippen molar-refractivity contribution in [3.63, 3.8) is 0 Å². The van der Waals surface area contributed by atoms with Crippen LogP contribution in [0.1, 0.15) is 56.7 Å². The molecule has 0 unspecified atom stereocenters. The molecule has 1 aliphatic rings. The van der Waals surface area contributed by atoms with Crippen molar-refractivity contribution in [2.75, 3.05) is 18.4 Å². The maximum atomic E-state index is 11.9. The van der Waals surface area contributed by atoms with E-state index < -0.39 is 11.7 Å². The zero-order valence-electron chi connectivity index (χ0n) is 15.2. The number of rotatable bonds is 3. The highest BCUT2D eigenvalue weighted by molar-refractivity contribution is 5.85. The molecule has 1 heterocycles. The van der Waals surface area contributed by atoms with Gasteiger partial charge in [0.15, 0.2) is 0 Å². The van der Waals surface area contributed by atoms with E-state index in [-0.39, 0.29) is 0 Å². The number of carbonyl (C=O) groups excluding carboxylic acids is 1. The zero-order chi connectivity index (χ0) is 17.0. The van der Waals surface area contributed by atoms with Gasteiger partial charge in [0.1, 0.15) is 5.60 Å². The van der Waals surface area contributed by atoms with Gasteiger partial charge >= 0.3 is 6.09 Å². The molecule has 1 fully saturated rings. The normalized spacial score (nSPS) is 16.2. The predicted molar refractivity (Wildman–Crippen MR) is 94.9 cm³/mol. The number of ether oxygens (including phenoxy) is 1. The Morgan fingerprint density at radius 1 is 1.13 bits per heavy atom. The largest absolute Gasteiger partial charge is 0.444 e. The fourth-order valence-corrected chi connectivity index (χ4v) is 3.08. The molecule has 1 aromatic rings. The summed E-state index contributed by atoms with van der Waals surface area (Å²) in [5.41, 5.74) is 4.14. The molecule has 0 atom stereocenters. The third-order valence-electron chi connectivity index (χ3n) is 4.17. The Bertz CT molecular complexity index is 532. The Hall–Kier alpha value is -1.55. The second-order valence-corrected chi connectivity index (χ2v) is 7.55. The molecule has 1 saturated heterocycles. The summed E-state index contributed by atoms with van der Waals surface area (Å²) in [6.45, 7) is 13.2. The SMILES string of the molecule is Cc1cc(NC(=O)OC(C)(C)C)cc(C)c1CN1CCCCC1. The minimum absolute atomic E-state index is 0.403. The van der Waals surface area contributed by atoms with Crippen LogP contribution < -0.4 is 5.32 Å². The number of carbonyl (C=O) groups is 1. The van der Waals surface area contributed by atoms with Gasteiger partial charge in [-0.15, -0.1) is 0 Å². The highest BCUT2D eigenvalue weighted by atomic mass is 16.6. The van der Waals surface area contributed by atoms with Gasteiger partial charge in [-0.2, -0.15) is 0 Å². The van der Waals surface area contributed by atoms with Crippen molar-refractivity contribution in [1.82, 2.24) is 4.90 Å². The van der Waals surface area contributed by atoms with Crippen molar-refractivity contribution in [2.45, 2.75) is 66.0 Å². The van der Waals surface area contributed by atoms with Crippen LogP contribution in [0, 0.1) is 13.8 Å². The Kier molecular flexibility index (Phi) is 5.69. The van der Waals surface area contributed by atoms with Gasteiger partial charge in [-0.05, 0) is 89.4 Å². The van der Waals surface area contributed by atoms with Crippen LogP contribution in [-0.4, -0.2) is 29.7 Å². The summed E-state index contributed by atoms with van der Waals surface area (Å²) in [5, 5.41) is 2.84. The Labute approximate surface area is 140 Å². The van der Waals surface area contributed by atoms with Gasteiger partial charge in [0.2, 0.25) is 0 Å². The van der Waals surface area contributed by atoms with E-state index in [1.165, 1.54) is 49.0 Å². The van der Waals surface area contributed by atoms with Crippen molar-refractivity contribution in [1.29, 1.82) is 0 Å². The number of hydrogen-bond donors (Lipinski definition) is 1. The van der Waals surface area contributed by atoms with E-state index in [1.54, 1.807) is 0 Å². The highest BCUT2D eigenvalue weighted by Gasteiger charge is 2.17. The summed E-state index contributed by atoms with van der Waals surface area (Å²) in [5.74, 6) is 0. The molecule has 1 N–H and O–H groups in total. The number of anilines is 1. The van der Waals surface area contributed by atoms with Crippen LogP contribution in [0.15, 0.2) is 12.1 Å². The fraction of sp³-hybridized carbons (Fsp3) is 0.632. The average Bonchev–Trinajstić information content (AvgIpc) is 2.42. The number of piperidine rings is 1. The minimum Gasteiger partial charge on any atom is -0.444 e. The van der Waals surface area contributed by atoms with Crippen LogP contribution in [0.2, 0.25) is 0 Å². The summed E-state index contributed by atoms with van der Waals surface area (Å²) in [4.78, 5) is 14.4. The van der Waals surface area contributed by atoms with Crippen LogP contribution in [-0.2, 0) is 11.3 Å². The van der Waals surface area contributed by atoms with Gasteiger partial charge in [0, 0.05) is 12.2 Å². The fourth-order valence-electron chi connectivity index (χ4n) is 3.08. The Morgan fingerprint density at radius 2 is 1.70 bits per heavy atom. The first kappa shape index (κ1) is 17.8. The lowest BCUT2D eigenvalue weighted by Crippen LogP contribution is -2.30. The molecule has 1 aliphatic heterocycles. The standard InChI is InChI=1S/C19H30N2O2/c1-14-11-16(20-18(22)23-19(3,4)5)12-15(2)17(14)13-21-9-7-6-8-10-21/h11-12H,6-10,13H2,1-5H3,(H,20,22). The first-order valence-corrected chi connectivity index (χ1v) is 8.57. The van der Waals surface area contributed by atoms with E-state index in [4.69, 9.17) is 4.74 Å². The first-order chi connectivity index (χ1) is 10.7. The highest BCUT2D eigenvalue weighted by Crippen LogP contribution is 2.23. The molecule has 0 spiro atoms. The van der Waals surface area contributed by atoms with Gasteiger partial charge < -0.3 is 4.74 Å². The van der Waals surface area contributed by atoms with Crippen molar-refractivity contribution < 1.29 is 9.53 Å². The summed E-state index contributed by atoms with van der Waals surface area (Å²) in [7, 11) is 0. The molecule has 0 bridgehead atoms. The molecule has 1 amide bonds. The first-order valence-electron chi connectivity index (χ1n) is 8.57. The van der Waals surface area contributed by atoms with Crippen LogP contribution in [0.25, 0.3) is 0 Å². The Balaban J connectivity index is 2.05. The number of benzene rings is 1. The molecular weight excluding hydrogens is 288 g/mol. The molecule has 0 aromatic heterocycles. The van der Waals surface area contributed by atoms with Crippen LogP contribution in [0.3, 0.4) is 0 Å². The molecular formula is C19H30N2O2. The van der Waals surface area contributed by atoms with Crippen LogP contribution in [0.4, 0.5) is 10.5 Å². The number of hydrogen-bond acceptors (Lipinski definition) is 3. The molecule has 2 rings (SSSR count). The number of aryl methyl sites for hydroxylation is 2. The van der Waals surface area contributed by atoms with E-state index in [2.05, 4.69) is 24.1 Å². The molecule has 4 heteroatoms. The number of likely N-dealkylation sites (tertiary alicyclic amines) is 1. The molecule has 0 aliphatic carbocycles. The average molecular weight is 318 g/mol. The van der Waals surface area contributed by atoms with Gasteiger partial charge in [0.25, 0.3) is 0 Å². The lowest BCUT2D eigenvalue weighted by molar-refractivity contribution is 0.0636. The van der Waals surface area contributed by atoms with Crippen molar-refractivity contribution >= 4 is 11.8 Å². The van der Waals surface area contributed by atoms with E-state index in [9.17, 15) is 4.79 Å². The summed E-state index contributed by atoms with van der Waals surface area (Å²) >= 11 is 0. The zero-order valence-corrected chi connectivity index (χ0v) is 15.2. The molecule has 0 radical (unpaired) electrons. The van der Waals surface area contributed by atoms with Crippen LogP contribution >= 0.6 is 0 Å². The molecule has 23 heavy (non-hydrogen) atoms. The van der Waals surface area contributed by atoms with Crippen molar-refractivity contribution in [3.05, 3.63) is 28.8 Å². The van der Waals surface area contributed by atoms with Gasteiger partial charge in [-0.25, -0.2) is 4.79 Å².